The highest BCUT2D eigenvalue weighted by Crippen LogP contribution is 2.71. The fraction of sp³-hybridized carbons (Fsp3) is 0.731. The fourth-order valence-electron chi connectivity index (χ4n) is 7.78. The third-order valence-electron chi connectivity index (χ3n) is 9.30. The van der Waals surface area contributed by atoms with E-state index in [0.717, 1.165) is 17.6 Å². The number of carbonyl (C=O) groups is 1. The number of hydrogen-bond acceptors (Lipinski definition) is 4. The first-order valence-electron chi connectivity index (χ1n) is 11.7. The molecule has 0 unspecified atom stereocenters. The molecule has 172 valence electrons. The van der Waals surface area contributed by atoms with Crippen LogP contribution in [0.15, 0.2) is 36.0 Å². The Morgan fingerprint density at radius 3 is 2.65 bits per heavy atom. The minimum Gasteiger partial charge on any atom is -0.388 e. The number of rotatable bonds is 4. The smallest absolute Gasteiger partial charge is 0.190 e. The summed E-state index contributed by atoms with van der Waals surface area (Å²) in [6.07, 6.45) is 7.12. The van der Waals surface area contributed by atoms with E-state index in [4.69, 9.17) is 4.74 Å². The van der Waals surface area contributed by atoms with Crippen LogP contribution in [0.5, 0.6) is 0 Å². The summed E-state index contributed by atoms with van der Waals surface area (Å²) in [5.41, 5.74) is -3.08. The van der Waals surface area contributed by atoms with Gasteiger partial charge >= 0.3 is 0 Å². The molecule has 4 rings (SSSR count). The number of ether oxygens (including phenoxy) is 1. The molecule has 0 aromatic heterocycles. The Morgan fingerprint density at radius 2 is 2.03 bits per heavy atom. The summed E-state index contributed by atoms with van der Waals surface area (Å²) in [5.74, 6) is -1.43. The van der Waals surface area contributed by atoms with Crippen LogP contribution in [0.1, 0.15) is 60.3 Å². The number of Topliss-reactive ketones (excluding diaryl/α,β-unsaturated/α-hetero) is 1. The van der Waals surface area contributed by atoms with Gasteiger partial charge in [-0.3, -0.25) is 4.79 Å². The zero-order valence-corrected chi connectivity index (χ0v) is 19.5. The number of carbonyl (C=O) groups excluding carboxylic acids is 1. The molecule has 8 atom stereocenters. The first-order valence-corrected chi connectivity index (χ1v) is 11.7. The van der Waals surface area contributed by atoms with E-state index in [9.17, 15) is 15.0 Å². The average Bonchev–Trinajstić information content (AvgIpc) is 2.90. The van der Waals surface area contributed by atoms with Crippen molar-refractivity contribution in [2.75, 3.05) is 6.61 Å². The molecule has 0 aliphatic heterocycles. The zero-order chi connectivity index (χ0) is 23.0. The highest BCUT2D eigenvalue weighted by Gasteiger charge is 2.75. The summed E-state index contributed by atoms with van der Waals surface area (Å²) in [5, 5.41) is 21.4. The van der Waals surface area contributed by atoms with E-state index in [2.05, 4.69) is 6.58 Å². The number of alkyl halides is 1. The van der Waals surface area contributed by atoms with Gasteiger partial charge in [-0.2, -0.15) is 0 Å². The van der Waals surface area contributed by atoms with E-state index >= 15 is 4.39 Å². The van der Waals surface area contributed by atoms with Crippen molar-refractivity contribution in [2.45, 2.75) is 83.8 Å². The topological polar surface area (TPSA) is 66.8 Å². The van der Waals surface area contributed by atoms with Crippen LogP contribution in [0.4, 0.5) is 4.39 Å². The van der Waals surface area contributed by atoms with Crippen molar-refractivity contribution in [3.05, 3.63) is 36.0 Å². The van der Waals surface area contributed by atoms with Crippen LogP contribution >= 0.6 is 0 Å². The normalized spacial score (nSPS) is 48.8. The SMILES string of the molecule is C=C1C=C[C@@]2(C)C(=C1)CC[C@H]1[C@@H]3C[C@@H](C)[C@](O)(C(=O)CO)[C@@]3(C)C[C@H](OC(C)C)[C@@]12F. The zero-order valence-electron chi connectivity index (χ0n) is 19.5. The minimum absolute atomic E-state index is 0.170. The summed E-state index contributed by atoms with van der Waals surface area (Å²) in [6, 6.07) is 0. The summed E-state index contributed by atoms with van der Waals surface area (Å²) in [4.78, 5) is 12.8. The molecule has 0 aromatic rings. The van der Waals surface area contributed by atoms with E-state index in [1.54, 1.807) is 0 Å². The van der Waals surface area contributed by atoms with Crippen molar-refractivity contribution in [2.24, 2.45) is 28.6 Å². The first kappa shape index (κ1) is 22.9. The van der Waals surface area contributed by atoms with Gasteiger partial charge in [0, 0.05) is 16.7 Å². The largest absolute Gasteiger partial charge is 0.388 e. The van der Waals surface area contributed by atoms with Gasteiger partial charge in [0.1, 0.15) is 12.2 Å². The van der Waals surface area contributed by atoms with Gasteiger partial charge in [0.2, 0.25) is 0 Å². The molecule has 0 aromatic carbocycles. The predicted molar refractivity (Wildman–Crippen MR) is 118 cm³/mol. The summed E-state index contributed by atoms with van der Waals surface area (Å²) < 4.78 is 24.0. The molecule has 3 saturated carbocycles. The Hall–Kier alpha value is -1.30. The maximum atomic E-state index is 17.7. The molecule has 0 saturated heterocycles. The molecular formula is C26H37FO4. The molecule has 3 fully saturated rings. The van der Waals surface area contributed by atoms with Gasteiger partial charge in [-0.1, -0.05) is 44.2 Å². The maximum absolute atomic E-state index is 17.7. The highest BCUT2D eigenvalue weighted by molar-refractivity contribution is 5.90. The predicted octanol–water partition coefficient (Wildman–Crippen LogP) is 4.32. The van der Waals surface area contributed by atoms with Crippen molar-refractivity contribution in [1.29, 1.82) is 0 Å². The number of allylic oxidation sites excluding steroid dienone is 5. The second kappa shape index (κ2) is 7.10. The van der Waals surface area contributed by atoms with Crippen molar-refractivity contribution < 1.29 is 24.1 Å². The lowest BCUT2D eigenvalue weighted by atomic mass is 9.44. The maximum Gasteiger partial charge on any atom is 0.190 e. The molecule has 0 spiro atoms. The first-order chi connectivity index (χ1) is 14.4. The Morgan fingerprint density at radius 1 is 1.35 bits per heavy atom. The summed E-state index contributed by atoms with van der Waals surface area (Å²) in [6.45, 7) is 12.9. The molecule has 4 nitrogen and oxygen atoms in total. The van der Waals surface area contributed by atoms with Crippen LogP contribution in [-0.4, -0.2) is 46.1 Å². The molecule has 0 amide bonds. The van der Waals surface area contributed by atoms with Crippen LogP contribution in [-0.2, 0) is 9.53 Å². The second-order valence-corrected chi connectivity index (χ2v) is 11.1. The summed E-state index contributed by atoms with van der Waals surface area (Å²) >= 11 is 0. The van der Waals surface area contributed by atoms with E-state index in [-0.39, 0.29) is 30.3 Å². The third-order valence-corrected chi connectivity index (χ3v) is 9.30. The van der Waals surface area contributed by atoms with Crippen molar-refractivity contribution >= 4 is 5.78 Å². The van der Waals surface area contributed by atoms with Crippen LogP contribution in [0.25, 0.3) is 0 Å². The monoisotopic (exact) mass is 432 g/mol. The lowest BCUT2D eigenvalue weighted by molar-refractivity contribution is -0.238. The van der Waals surface area contributed by atoms with Crippen LogP contribution in [0.2, 0.25) is 0 Å². The molecule has 0 radical (unpaired) electrons. The Balaban J connectivity index is 1.88. The van der Waals surface area contributed by atoms with Crippen molar-refractivity contribution in [3.63, 3.8) is 0 Å². The Kier molecular flexibility index (Phi) is 5.24. The van der Waals surface area contributed by atoms with Crippen molar-refractivity contribution in [1.82, 2.24) is 0 Å². The summed E-state index contributed by atoms with van der Waals surface area (Å²) in [7, 11) is 0. The Bertz CT molecular complexity index is 861. The molecule has 4 aliphatic rings. The number of ketones is 1. The van der Waals surface area contributed by atoms with E-state index in [1.807, 2.05) is 52.8 Å². The van der Waals surface area contributed by atoms with Gasteiger partial charge in [0.25, 0.3) is 0 Å². The van der Waals surface area contributed by atoms with Gasteiger partial charge < -0.3 is 14.9 Å². The molecule has 0 bridgehead atoms. The van der Waals surface area contributed by atoms with E-state index in [1.165, 1.54) is 0 Å². The number of fused-ring (bicyclic) bond motifs is 5. The van der Waals surface area contributed by atoms with Crippen LogP contribution in [0, 0.1) is 28.6 Å². The quantitative estimate of drug-likeness (QED) is 0.695. The molecule has 2 N–H and O–H groups in total. The number of aliphatic hydroxyl groups excluding tert-OH is 1. The molecule has 4 aliphatic carbocycles. The molecular weight excluding hydrogens is 395 g/mol. The second-order valence-electron chi connectivity index (χ2n) is 11.1. The average molecular weight is 433 g/mol. The van der Waals surface area contributed by atoms with Gasteiger partial charge in [-0.15, -0.1) is 0 Å². The van der Waals surface area contributed by atoms with Gasteiger partial charge in [0.05, 0.1) is 12.2 Å². The van der Waals surface area contributed by atoms with Gasteiger partial charge in [-0.25, -0.2) is 4.39 Å². The lowest BCUT2D eigenvalue weighted by Gasteiger charge is -2.63. The Labute approximate surface area is 185 Å². The van der Waals surface area contributed by atoms with Crippen LogP contribution < -0.4 is 0 Å². The third kappa shape index (κ3) is 2.72. The van der Waals surface area contributed by atoms with Crippen molar-refractivity contribution in [3.8, 4) is 0 Å². The standard InChI is InChI=1S/C26H37FO4/c1-15(2)31-22-13-24(6)20(12-17(4)26(24,30)21(29)14-28)19-8-7-18-11-16(3)9-10-23(18,5)25(19,22)27/h9-11,15,17,19-20,22,28,30H,3,7-8,12-14H2,1-2,4-6H3/t17-,19+,20+,22+,23+,24+,25+,26+/m1/s1. The van der Waals surface area contributed by atoms with Gasteiger partial charge in [-0.05, 0) is 63.9 Å². The van der Waals surface area contributed by atoms with Gasteiger partial charge in [0.15, 0.2) is 11.5 Å². The minimum atomic E-state index is -1.68. The number of aliphatic hydroxyl groups is 2. The molecule has 31 heavy (non-hydrogen) atoms. The van der Waals surface area contributed by atoms with E-state index < -0.39 is 40.6 Å². The fourth-order valence-corrected chi connectivity index (χ4v) is 7.78. The van der Waals surface area contributed by atoms with E-state index in [0.29, 0.717) is 12.8 Å². The number of hydrogen-bond donors (Lipinski definition) is 2. The number of halogens is 1. The molecule has 0 heterocycles. The van der Waals surface area contributed by atoms with Crippen LogP contribution in [0.3, 0.4) is 0 Å². The highest BCUT2D eigenvalue weighted by atomic mass is 19.1. The molecule has 5 heteroatoms. The lowest BCUT2D eigenvalue weighted by Crippen LogP contribution is -2.70.